The van der Waals surface area contributed by atoms with Crippen LogP contribution in [0.2, 0.25) is 0 Å². The molecule has 1 aliphatic rings. The maximum Gasteiger partial charge on any atom is 0.161 e. The van der Waals surface area contributed by atoms with E-state index in [0.29, 0.717) is 5.75 Å². The molecule has 2 atom stereocenters. The van der Waals surface area contributed by atoms with Crippen molar-refractivity contribution in [1.82, 2.24) is 0 Å². The molecule has 100 valence electrons. The van der Waals surface area contributed by atoms with E-state index in [1.807, 2.05) is 25.1 Å². The third-order valence-corrected chi connectivity index (χ3v) is 3.82. The summed E-state index contributed by atoms with van der Waals surface area (Å²) < 4.78 is 11.2. The SMILES string of the molecule is COc1cc(C)ccc1OC1CCC(C)(C)C1O. The van der Waals surface area contributed by atoms with Gasteiger partial charge in [-0.3, -0.25) is 0 Å². The average Bonchev–Trinajstić information content (AvgIpc) is 2.58. The van der Waals surface area contributed by atoms with E-state index in [0.717, 1.165) is 24.2 Å². The molecule has 1 fully saturated rings. The second kappa shape index (κ2) is 4.81. The van der Waals surface area contributed by atoms with Crippen LogP contribution >= 0.6 is 0 Å². The van der Waals surface area contributed by atoms with Gasteiger partial charge in [0.1, 0.15) is 6.10 Å². The molecule has 1 aliphatic carbocycles. The van der Waals surface area contributed by atoms with E-state index in [4.69, 9.17) is 9.47 Å². The molecule has 0 radical (unpaired) electrons. The van der Waals surface area contributed by atoms with E-state index in [1.54, 1.807) is 7.11 Å². The summed E-state index contributed by atoms with van der Waals surface area (Å²) in [6.45, 7) is 6.17. The van der Waals surface area contributed by atoms with Crippen LogP contribution < -0.4 is 9.47 Å². The van der Waals surface area contributed by atoms with Gasteiger partial charge < -0.3 is 14.6 Å². The molecule has 0 aliphatic heterocycles. The topological polar surface area (TPSA) is 38.7 Å². The summed E-state index contributed by atoms with van der Waals surface area (Å²) in [5, 5.41) is 10.2. The molecule has 0 amide bonds. The normalized spacial score (nSPS) is 26.1. The lowest BCUT2D eigenvalue weighted by Gasteiger charge is -2.26. The zero-order valence-electron chi connectivity index (χ0n) is 11.6. The first-order chi connectivity index (χ1) is 8.44. The molecule has 3 nitrogen and oxygen atoms in total. The van der Waals surface area contributed by atoms with Gasteiger partial charge in [0.2, 0.25) is 0 Å². The summed E-state index contributed by atoms with van der Waals surface area (Å²) in [7, 11) is 1.64. The van der Waals surface area contributed by atoms with Crippen molar-refractivity contribution in [2.45, 2.75) is 45.8 Å². The molecule has 0 saturated heterocycles. The van der Waals surface area contributed by atoms with Gasteiger partial charge in [0.05, 0.1) is 13.2 Å². The summed E-state index contributed by atoms with van der Waals surface area (Å²) >= 11 is 0. The maximum atomic E-state index is 10.2. The van der Waals surface area contributed by atoms with Crippen LogP contribution in [0.1, 0.15) is 32.3 Å². The fourth-order valence-electron chi connectivity index (χ4n) is 2.48. The van der Waals surface area contributed by atoms with Crippen LogP contribution in [-0.2, 0) is 0 Å². The third kappa shape index (κ3) is 2.46. The van der Waals surface area contributed by atoms with E-state index in [9.17, 15) is 5.11 Å². The van der Waals surface area contributed by atoms with Crippen LogP contribution in [-0.4, -0.2) is 24.4 Å². The largest absolute Gasteiger partial charge is 0.493 e. The lowest BCUT2D eigenvalue weighted by atomic mass is 9.89. The number of aryl methyl sites for hydroxylation is 1. The predicted molar refractivity (Wildman–Crippen MR) is 71.2 cm³/mol. The Hall–Kier alpha value is -1.22. The fourth-order valence-corrected chi connectivity index (χ4v) is 2.48. The van der Waals surface area contributed by atoms with Crippen molar-refractivity contribution in [2.75, 3.05) is 7.11 Å². The van der Waals surface area contributed by atoms with Gasteiger partial charge in [-0.05, 0) is 42.9 Å². The van der Waals surface area contributed by atoms with Gasteiger partial charge >= 0.3 is 0 Å². The van der Waals surface area contributed by atoms with E-state index < -0.39 is 6.10 Å². The molecule has 1 aromatic carbocycles. The minimum Gasteiger partial charge on any atom is -0.493 e. The standard InChI is InChI=1S/C15H22O3/c1-10-5-6-11(13(9-10)17-4)18-12-7-8-15(2,3)14(12)16/h5-6,9,12,14,16H,7-8H2,1-4H3. The lowest BCUT2D eigenvalue weighted by Crippen LogP contribution is -2.34. The molecule has 1 aromatic rings. The molecule has 18 heavy (non-hydrogen) atoms. The zero-order chi connectivity index (χ0) is 13.3. The Morgan fingerprint density at radius 2 is 2.00 bits per heavy atom. The van der Waals surface area contributed by atoms with Crippen molar-refractivity contribution in [3.63, 3.8) is 0 Å². The van der Waals surface area contributed by atoms with Gasteiger partial charge in [0.15, 0.2) is 11.5 Å². The van der Waals surface area contributed by atoms with Crippen molar-refractivity contribution < 1.29 is 14.6 Å². The summed E-state index contributed by atoms with van der Waals surface area (Å²) in [5.41, 5.74) is 1.06. The van der Waals surface area contributed by atoms with Crippen LogP contribution in [0.15, 0.2) is 18.2 Å². The number of rotatable bonds is 3. The summed E-state index contributed by atoms with van der Waals surface area (Å²) in [6, 6.07) is 5.85. The van der Waals surface area contributed by atoms with Crippen LogP contribution in [0, 0.1) is 12.3 Å². The fraction of sp³-hybridized carbons (Fsp3) is 0.600. The zero-order valence-corrected chi connectivity index (χ0v) is 11.6. The van der Waals surface area contributed by atoms with Gasteiger partial charge in [0.25, 0.3) is 0 Å². The third-order valence-electron chi connectivity index (χ3n) is 3.82. The van der Waals surface area contributed by atoms with Crippen LogP contribution in [0.25, 0.3) is 0 Å². The first-order valence-electron chi connectivity index (χ1n) is 6.43. The minimum atomic E-state index is -0.427. The van der Waals surface area contributed by atoms with Crippen molar-refractivity contribution in [1.29, 1.82) is 0 Å². The van der Waals surface area contributed by atoms with E-state index in [2.05, 4.69) is 13.8 Å². The first kappa shape index (κ1) is 13.2. The van der Waals surface area contributed by atoms with E-state index in [-0.39, 0.29) is 11.5 Å². The minimum absolute atomic E-state index is 0.0669. The number of hydrogen-bond donors (Lipinski definition) is 1. The molecular formula is C15H22O3. The molecule has 0 heterocycles. The van der Waals surface area contributed by atoms with Gasteiger partial charge in [0, 0.05) is 0 Å². The highest BCUT2D eigenvalue weighted by Gasteiger charge is 2.42. The molecule has 1 saturated carbocycles. The number of benzene rings is 1. The molecule has 0 aromatic heterocycles. The second-order valence-electron chi connectivity index (χ2n) is 5.78. The van der Waals surface area contributed by atoms with Gasteiger partial charge in [-0.2, -0.15) is 0 Å². The van der Waals surface area contributed by atoms with Crippen molar-refractivity contribution in [2.24, 2.45) is 5.41 Å². The Balaban J connectivity index is 2.15. The molecule has 2 unspecified atom stereocenters. The first-order valence-corrected chi connectivity index (χ1v) is 6.43. The number of ether oxygens (including phenoxy) is 2. The Morgan fingerprint density at radius 1 is 1.28 bits per heavy atom. The average molecular weight is 250 g/mol. The molecule has 0 bridgehead atoms. The Labute approximate surface area is 109 Å². The predicted octanol–water partition coefficient (Wildman–Crippen LogP) is 2.93. The smallest absolute Gasteiger partial charge is 0.161 e. The highest BCUT2D eigenvalue weighted by molar-refractivity contribution is 5.42. The number of aliphatic hydroxyl groups excluding tert-OH is 1. The Bertz CT molecular complexity index is 426. The van der Waals surface area contributed by atoms with Crippen molar-refractivity contribution >= 4 is 0 Å². The van der Waals surface area contributed by atoms with Gasteiger partial charge in [-0.25, -0.2) is 0 Å². The molecule has 1 N–H and O–H groups in total. The maximum absolute atomic E-state index is 10.2. The molecular weight excluding hydrogens is 228 g/mol. The highest BCUT2D eigenvalue weighted by Crippen LogP contribution is 2.40. The van der Waals surface area contributed by atoms with Crippen LogP contribution in [0.5, 0.6) is 11.5 Å². The number of hydrogen-bond acceptors (Lipinski definition) is 3. The Kier molecular flexibility index (Phi) is 3.53. The van der Waals surface area contributed by atoms with Crippen LogP contribution in [0.3, 0.4) is 0 Å². The van der Waals surface area contributed by atoms with E-state index in [1.165, 1.54) is 0 Å². The van der Waals surface area contributed by atoms with E-state index >= 15 is 0 Å². The van der Waals surface area contributed by atoms with Gasteiger partial charge in [-0.15, -0.1) is 0 Å². The summed E-state index contributed by atoms with van der Waals surface area (Å²) in [5.74, 6) is 1.44. The molecule has 3 heteroatoms. The lowest BCUT2D eigenvalue weighted by molar-refractivity contribution is 0.00403. The molecule has 2 rings (SSSR count). The van der Waals surface area contributed by atoms with Crippen LogP contribution in [0.4, 0.5) is 0 Å². The number of aliphatic hydroxyl groups is 1. The van der Waals surface area contributed by atoms with Crippen molar-refractivity contribution in [3.05, 3.63) is 23.8 Å². The molecule has 0 spiro atoms. The summed E-state index contributed by atoms with van der Waals surface area (Å²) in [4.78, 5) is 0. The number of methoxy groups -OCH3 is 1. The Morgan fingerprint density at radius 3 is 2.56 bits per heavy atom. The van der Waals surface area contributed by atoms with Crippen molar-refractivity contribution in [3.8, 4) is 11.5 Å². The second-order valence-corrected chi connectivity index (χ2v) is 5.78. The monoisotopic (exact) mass is 250 g/mol. The summed E-state index contributed by atoms with van der Waals surface area (Å²) in [6.07, 6.45) is 1.29. The van der Waals surface area contributed by atoms with Gasteiger partial charge in [-0.1, -0.05) is 19.9 Å². The highest BCUT2D eigenvalue weighted by atomic mass is 16.5. The quantitative estimate of drug-likeness (QED) is 0.896.